The summed E-state index contributed by atoms with van der Waals surface area (Å²) in [4.78, 5) is 23.1. The molecule has 0 bridgehead atoms. The van der Waals surface area contributed by atoms with Gasteiger partial charge in [-0.1, -0.05) is 50.1 Å². The van der Waals surface area contributed by atoms with Crippen molar-refractivity contribution in [3.8, 4) is 0 Å². The molecular weight excluding hydrogens is 266 g/mol. The molecule has 0 aromatic heterocycles. The topological polar surface area (TPSA) is 66.4 Å². The van der Waals surface area contributed by atoms with Gasteiger partial charge in [0.1, 0.15) is 6.04 Å². The van der Waals surface area contributed by atoms with E-state index in [0.29, 0.717) is 24.7 Å². The molecule has 1 aromatic carbocycles. The predicted molar refractivity (Wildman–Crippen MR) is 81.0 cm³/mol. The van der Waals surface area contributed by atoms with Crippen molar-refractivity contribution in [1.82, 2.24) is 5.32 Å². The zero-order valence-corrected chi connectivity index (χ0v) is 12.4. The maximum Gasteiger partial charge on any atom is 0.326 e. The molecule has 114 valence electrons. The smallest absolute Gasteiger partial charge is 0.326 e. The monoisotopic (exact) mass is 289 g/mol. The first kappa shape index (κ1) is 15.5. The third-order valence-corrected chi connectivity index (χ3v) is 4.08. The van der Waals surface area contributed by atoms with Crippen LogP contribution in [0.2, 0.25) is 0 Å². The number of rotatable bonds is 8. The maximum absolute atomic E-state index is 12.0. The first-order chi connectivity index (χ1) is 10.1. The number of benzene rings is 1. The van der Waals surface area contributed by atoms with E-state index in [0.717, 1.165) is 19.3 Å². The second-order valence-corrected chi connectivity index (χ2v) is 5.82. The zero-order chi connectivity index (χ0) is 15.2. The van der Waals surface area contributed by atoms with Crippen LogP contribution in [0.4, 0.5) is 0 Å². The highest BCUT2D eigenvalue weighted by Crippen LogP contribution is 2.49. The largest absolute Gasteiger partial charge is 0.480 e. The number of carbonyl (C=O) groups excluding carboxylic acids is 1. The van der Waals surface area contributed by atoms with E-state index < -0.39 is 12.0 Å². The molecule has 4 heteroatoms. The van der Waals surface area contributed by atoms with Gasteiger partial charge < -0.3 is 10.4 Å². The highest BCUT2D eigenvalue weighted by atomic mass is 16.4. The van der Waals surface area contributed by atoms with E-state index in [-0.39, 0.29) is 5.91 Å². The lowest BCUT2D eigenvalue weighted by Crippen LogP contribution is -2.40. The third-order valence-electron chi connectivity index (χ3n) is 4.08. The summed E-state index contributed by atoms with van der Waals surface area (Å²) >= 11 is 0. The fraction of sp³-hybridized carbons (Fsp3) is 0.529. The molecule has 1 aromatic rings. The maximum atomic E-state index is 12.0. The van der Waals surface area contributed by atoms with Crippen molar-refractivity contribution in [3.63, 3.8) is 0 Å². The minimum absolute atomic E-state index is 0.137. The number of carbonyl (C=O) groups is 2. The van der Waals surface area contributed by atoms with E-state index in [1.165, 1.54) is 5.56 Å². The van der Waals surface area contributed by atoms with Crippen LogP contribution in [0.1, 0.15) is 50.5 Å². The van der Waals surface area contributed by atoms with Crippen molar-refractivity contribution in [2.45, 2.75) is 51.0 Å². The first-order valence-corrected chi connectivity index (χ1v) is 7.69. The summed E-state index contributed by atoms with van der Waals surface area (Å²) in [5, 5.41) is 11.8. The molecule has 4 nitrogen and oxygen atoms in total. The summed E-state index contributed by atoms with van der Waals surface area (Å²) in [6.45, 7) is 2.01. The summed E-state index contributed by atoms with van der Waals surface area (Å²) in [5.74, 6) is -0.266. The summed E-state index contributed by atoms with van der Waals surface area (Å²) in [6, 6.07) is 9.43. The van der Waals surface area contributed by atoms with Crippen LogP contribution in [0.25, 0.3) is 0 Å². The van der Waals surface area contributed by atoms with Crippen LogP contribution in [-0.2, 0) is 9.59 Å². The van der Waals surface area contributed by atoms with E-state index in [2.05, 4.69) is 17.4 Å². The minimum Gasteiger partial charge on any atom is -0.480 e. The number of carboxylic acids is 1. The quantitative estimate of drug-likeness (QED) is 0.773. The van der Waals surface area contributed by atoms with Crippen LogP contribution in [0, 0.1) is 5.92 Å². The summed E-state index contributed by atoms with van der Waals surface area (Å²) in [7, 11) is 0. The standard InChI is InChI=1S/C17H23NO3/c1-2-3-9-15(17(20)21)18-16(19)11-13-10-14(13)12-7-5-4-6-8-12/h4-8,13-15H,2-3,9-11H2,1H3,(H,18,19)(H,20,21)/t13-,14-,15-/m0/s1. The lowest BCUT2D eigenvalue weighted by Gasteiger charge is -2.14. The molecule has 2 rings (SSSR count). The molecule has 0 heterocycles. The number of aliphatic carboxylic acids is 1. The highest BCUT2D eigenvalue weighted by molar-refractivity contribution is 5.83. The Bertz CT molecular complexity index is 486. The molecule has 1 fully saturated rings. The van der Waals surface area contributed by atoms with Gasteiger partial charge in [-0.25, -0.2) is 4.79 Å². The number of carboxylic acid groups (broad SMARTS) is 1. The van der Waals surface area contributed by atoms with Gasteiger partial charge in [-0.15, -0.1) is 0 Å². The Labute approximate surface area is 125 Å². The van der Waals surface area contributed by atoms with E-state index in [4.69, 9.17) is 5.11 Å². The van der Waals surface area contributed by atoms with Crippen molar-refractivity contribution in [2.24, 2.45) is 5.92 Å². The Morgan fingerprint density at radius 3 is 2.67 bits per heavy atom. The van der Waals surface area contributed by atoms with Crippen LogP contribution in [0.5, 0.6) is 0 Å². The van der Waals surface area contributed by atoms with Crippen molar-refractivity contribution in [2.75, 3.05) is 0 Å². The summed E-state index contributed by atoms with van der Waals surface area (Å²) in [6.07, 6.45) is 3.69. The average Bonchev–Trinajstić information content (AvgIpc) is 3.23. The molecule has 1 amide bonds. The number of unbranched alkanes of at least 4 members (excludes halogenated alkanes) is 1. The van der Waals surface area contributed by atoms with Crippen LogP contribution in [0.3, 0.4) is 0 Å². The van der Waals surface area contributed by atoms with Gasteiger partial charge in [-0.05, 0) is 30.2 Å². The van der Waals surface area contributed by atoms with Gasteiger partial charge in [0, 0.05) is 6.42 Å². The normalized spacial score (nSPS) is 21.6. The second-order valence-electron chi connectivity index (χ2n) is 5.82. The van der Waals surface area contributed by atoms with Crippen molar-refractivity contribution in [1.29, 1.82) is 0 Å². The minimum atomic E-state index is -0.938. The van der Waals surface area contributed by atoms with Crippen molar-refractivity contribution >= 4 is 11.9 Å². The van der Waals surface area contributed by atoms with Crippen molar-refractivity contribution < 1.29 is 14.7 Å². The molecule has 0 aliphatic heterocycles. The highest BCUT2D eigenvalue weighted by Gasteiger charge is 2.39. The predicted octanol–water partition coefficient (Wildman–Crippen LogP) is 2.94. The lowest BCUT2D eigenvalue weighted by molar-refractivity contribution is -0.142. The van der Waals surface area contributed by atoms with Crippen molar-refractivity contribution in [3.05, 3.63) is 35.9 Å². The molecule has 0 spiro atoms. The van der Waals surface area contributed by atoms with Crippen LogP contribution in [-0.4, -0.2) is 23.0 Å². The van der Waals surface area contributed by atoms with E-state index >= 15 is 0 Å². The molecule has 2 N–H and O–H groups in total. The fourth-order valence-electron chi connectivity index (χ4n) is 2.74. The molecule has 1 saturated carbocycles. The zero-order valence-electron chi connectivity index (χ0n) is 12.4. The van der Waals surface area contributed by atoms with Gasteiger partial charge in [-0.3, -0.25) is 4.79 Å². The number of nitrogens with one attached hydrogen (secondary N) is 1. The summed E-state index contributed by atoms with van der Waals surface area (Å²) in [5.41, 5.74) is 1.27. The number of amides is 1. The van der Waals surface area contributed by atoms with E-state index in [9.17, 15) is 9.59 Å². The molecule has 3 atom stereocenters. The first-order valence-electron chi connectivity index (χ1n) is 7.69. The fourth-order valence-corrected chi connectivity index (χ4v) is 2.74. The Kier molecular flexibility index (Phi) is 5.37. The van der Waals surface area contributed by atoms with Gasteiger partial charge >= 0.3 is 5.97 Å². The Morgan fingerprint density at radius 1 is 1.33 bits per heavy atom. The molecule has 21 heavy (non-hydrogen) atoms. The average molecular weight is 289 g/mol. The molecule has 0 saturated heterocycles. The molecular formula is C17H23NO3. The third kappa shape index (κ3) is 4.59. The Balaban J connectivity index is 1.79. The van der Waals surface area contributed by atoms with Gasteiger partial charge in [0.05, 0.1) is 0 Å². The second kappa shape index (κ2) is 7.25. The Hall–Kier alpha value is -1.84. The van der Waals surface area contributed by atoms with Crippen LogP contribution < -0.4 is 5.32 Å². The molecule has 0 unspecified atom stereocenters. The lowest BCUT2D eigenvalue weighted by atomic mass is 10.1. The van der Waals surface area contributed by atoms with Gasteiger partial charge in [-0.2, -0.15) is 0 Å². The number of hydrogen-bond acceptors (Lipinski definition) is 2. The van der Waals surface area contributed by atoms with Crippen LogP contribution in [0.15, 0.2) is 30.3 Å². The van der Waals surface area contributed by atoms with Gasteiger partial charge in [0.15, 0.2) is 0 Å². The van der Waals surface area contributed by atoms with Gasteiger partial charge in [0.2, 0.25) is 5.91 Å². The number of hydrogen-bond donors (Lipinski definition) is 2. The Morgan fingerprint density at radius 2 is 2.05 bits per heavy atom. The van der Waals surface area contributed by atoms with E-state index in [1.807, 2.05) is 25.1 Å². The summed E-state index contributed by atoms with van der Waals surface area (Å²) < 4.78 is 0. The van der Waals surface area contributed by atoms with Gasteiger partial charge in [0.25, 0.3) is 0 Å². The van der Waals surface area contributed by atoms with Crippen LogP contribution >= 0.6 is 0 Å². The SMILES string of the molecule is CCCC[C@H](NC(=O)C[C@@H]1C[C@H]1c1ccccc1)C(=O)O. The molecule has 1 aliphatic carbocycles. The van der Waals surface area contributed by atoms with E-state index in [1.54, 1.807) is 0 Å². The molecule has 0 radical (unpaired) electrons. The molecule has 1 aliphatic rings.